The summed E-state index contributed by atoms with van der Waals surface area (Å²) in [6.07, 6.45) is -2.60. The van der Waals surface area contributed by atoms with Gasteiger partial charge in [-0.05, 0) is 63.1 Å². The van der Waals surface area contributed by atoms with Crippen molar-refractivity contribution in [2.45, 2.75) is 63.9 Å². The summed E-state index contributed by atoms with van der Waals surface area (Å²) in [4.78, 5) is 35.8. The number of carbonyl (C=O) groups is 2. The zero-order valence-electron chi connectivity index (χ0n) is 24.9. The fraction of sp³-hybridized carbons (Fsp3) is 0.379. The molecule has 4 rings (SSSR count). The van der Waals surface area contributed by atoms with Gasteiger partial charge in [0.1, 0.15) is 29.8 Å². The highest BCUT2D eigenvalue weighted by molar-refractivity contribution is 7.52. The Morgan fingerprint density at radius 2 is 1.82 bits per heavy atom. The van der Waals surface area contributed by atoms with Crippen molar-refractivity contribution in [2.75, 3.05) is 6.61 Å². The number of nitrogens with zero attached hydrogens (tertiary/aromatic N) is 2. The van der Waals surface area contributed by atoms with E-state index in [1.807, 2.05) is 0 Å². The lowest BCUT2D eigenvalue weighted by atomic mass is 9.98. The predicted octanol–water partition coefficient (Wildman–Crippen LogP) is 3.93. The number of aliphatic hydroxyl groups excluding tert-OH is 1. The lowest BCUT2D eigenvalue weighted by Gasteiger charge is -2.35. The van der Waals surface area contributed by atoms with Gasteiger partial charge >= 0.3 is 13.7 Å². The molecule has 242 valence electrons. The summed E-state index contributed by atoms with van der Waals surface area (Å²) in [7, 11) is -4.43. The summed E-state index contributed by atoms with van der Waals surface area (Å²) in [5.74, 6) is -1.12. The fourth-order valence-electron chi connectivity index (χ4n) is 4.57. The maximum atomic E-state index is 15.7. The summed E-state index contributed by atoms with van der Waals surface area (Å²) in [6.45, 7) is 8.83. The van der Waals surface area contributed by atoms with Crippen LogP contribution in [-0.4, -0.2) is 69.7 Å². The standard InChI is InChI=1S/C29H34FN4O10P/c1-17(2)42-27(37)18(3)32-45(40,44-23-12-8-21(9-13-23)20-6-10-22(11-7-20)34(38)39)41-16-24-26(36)29(5,30)28(43-24)33-15-14-25(35)31-19(33)4/h6-15,17-18,24,26,28,36H,4,16H2,1-3,5H3,(H,31,35)(H,32,40)/t18-,24+,26+,28+,29+,45?/m0/s1. The molecular weight excluding hydrogens is 614 g/mol. The number of amides is 1. The first-order valence-corrected chi connectivity index (χ1v) is 15.4. The van der Waals surface area contributed by atoms with Gasteiger partial charge in [-0.25, -0.2) is 8.96 Å². The molecule has 45 heavy (non-hydrogen) atoms. The van der Waals surface area contributed by atoms with E-state index < -0.39 is 67.4 Å². The molecule has 2 aliphatic rings. The van der Waals surface area contributed by atoms with Crippen LogP contribution in [0.3, 0.4) is 0 Å². The molecule has 1 saturated heterocycles. The van der Waals surface area contributed by atoms with Crippen LogP contribution in [0.15, 0.2) is 73.2 Å². The molecule has 2 aromatic carbocycles. The van der Waals surface area contributed by atoms with Crippen LogP contribution in [0.5, 0.6) is 5.75 Å². The summed E-state index contributed by atoms with van der Waals surface area (Å²) in [5, 5.41) is 26.7. The first kappa shape index (κ1) is 33.7. The van der Waals surface area contributed by atoms with Crippen LogP contribution in [0.1, 0.15) is 27.7 Å². The van der Waals surface area contributed by atoms with Crippen molar-refractivity contribution in [3.05, 3.63) is 83.3 Å². The normalized spacial score (nSPS) is 25.0. The van der Waals surface area contributed by atoms with Crippen LogP contribution < -0.4 is 14.9 Å². The maximum absolute atomic E-state index is 15.7. The number of benzene rings is 2. The Morgan fingerprint density at radius 1 is 1.22 bits per heavy atom. The van der Waals surface area contributed by atoms with Crippen molar-refractivity contribution in [1.82, 2.24) is 15.3 Å². The first-order chi connectivity index (χ1) is 21.1. The summed E-state index contributed by atoms with van der Waals surface area (Å²) < 4.78 is 52.0. The smallest absolute Gasteiger partial charge is 0.459 e. The number of hydrogen-bond donors (Lipinski definition) is 3. The Bertz CT molecular complexity index is 1520. The SMILES string of the molecule is C=C1NC(=O)C=CN1[C@@H]1O[C@H](COP(=O)(N[C@@H](C)C(=O)OC(C)C)Oc2ccc(-c3ccc([N+](=O)[O-])cc3)cc2)[C@@H](O)[C@@]1(C)F. The van der Waals surface area contributed by atoms with E-state index in [-0.39, 0.29) is 17.3 Å². The van der Waals surface area contributed by atoms with E-state index in [1.54, 1.807) is 38.1 Å². The Balaban J connectivity index is 1.52. The molecule has 0 aliphatic carbocycles. The van der Waals surface area contributed by atoms with Gasteiger partial charge in [0.2, 0.25) is 0 Å². The maximum Gasteiger partial charge on any atom is 0.459 e. The van der Waals surface area contributed by atoms with E-state index in [4.69, 9.17) is 18.5 Å². The van der Waals surface area contributed by atoms with E-state index in [9.17, 15) is 29.4 Å². The second-order valence-corrected chi connectivity index (χ2v) is 12.5. The molecule has 1 unspecified atom stereocenters. The van der Waals surface area contributed by atoms with Gasteiger partial charge in [-0.3, -0.25) is 24.2 Å². The summed E-state index contributed by atoms with van der Waals surface area (Å²) in [6, 6.07) is 10.9. The predicted molar refractivity (Wildman–Crippen MR) is 159 cm³/mol. The molecule has 0 bridgehead atoms. The zero-order valence-corrected chi connectivity index (χ0v) is 25.8. The van der Waals surface area contributed by atoms with Gasteiger partial charge in [0.15, 0.2) is 11.9 Å². The molecule has 0 saturated carbocycles. The van der Waals surface area contributed by atoms with Crippen molar-refractivity contribution in [3.8, 4) is 16.9 Å². The van der Waals surface area contributed by atoms with Gasteiger partial charge in [-0.15, -0.1) is 0 Å². The van der Waals surface area contributed by atoms with E-state index in [2.05, 4.69) is 17.0 Å². The van der Waals surface area contributed by atoms with Crippen molar-refractivity contribution in [2.24, 2.45) is 0 Å². The number of esters is 1. The number of non-ortho nitro benzene ring substituents is 1. The quantitative estimate of drug-likeness (QED) is 0.131. The lowest BCUT2D eigenvalue weighted by Crippen LogP contribution is -2.51. The monoisotopic (exact) mass is 648 g/mol. The minimum absolute atomic E-state index is 0.0236. The van der Waals surface area contributed by atoms with Crippen LogP contribution in [0, 0.1) is 10.1 Å². The minimum Gasteiger partial charge on any atom is -0.462 e. The molecule has 0 spiro atoms. The van der Waals surface area contributed by atoms with Crippen LogP contribution in [0.25, 0.3) is 11.1 Å². The largest absolute Gasteiger partial charge is 0.462 e. The van der Waals surface area contributed by atoms with Crippen molar-refractivity contribution >= 4 is 25.3 Å². The van der Waals surface area contributed by atoms with E-state index in [1.165, 1.54) is 42.3 Å². The number of ether oxygens (including phenoxy) is 2. The molecule has 2 aliphatic heterocycles. The molecule has 0 aromatic heterocycles. The van der Waals surface area contributed by atoms with Crippen molar-refractivity contribution < 1.29 is 47.1 Å². The van der Waals surface area contributed by atoms with Crippen molar-refractivity contribution in [1.29, 1.82) is 0 Å². The topological polar surface area (TPSA) is 179 Å². The highest BCUT2D eigenvalue weighted by atomic mass is 31.2. The lowest BCUT2D eigenvalue weighted by molar-refractivity contribution is -0.384. The highest BCUT2D eigenvalue weighted by Crippen LogP contribution is 2.47. The Labute approximate surface area is 258 Å². The van der Waals surface area contributed by atoms with Gasteiger partial charge in [-0.2, -0.15) is 5.09 Å². The highest BCUT2D eigenvalue weighted by Gasteiger charge is 2.57. The third kappa shape index (κ3) is 7.93. The third-order valence-electron chi connectivity index (χ3n) is 6.89. The Kier molecular flexibility index (Phi) is 10.1. The van der Waals surface area contributed by atoms with Gasteiger partial charge in [0, 0.05) is 24.4 Å². The van der Waals surface area contributed by atoms with E-state index in [0.717, 1.165) is 13.0 Å². The number of alkyl halides is 1. The minimum atomic E-state index is -4.43. The molecule has 2 heterocycles. The average Bonchev–Trinajstić information content (AvgIpc) is 3.19. The van der Waals surface area contributed by atoms with Crippen LogP contribution in [-0.2, 0) is 28.2 Å². The number of rotatable bonds is 12. The fourth-order valence-corrected chi connectivity index (χ4v) is 6.07. The van der Waals surface area contributed by atoms with Crippen LogP contribution in [0.2, 0.25) is 0 Å². The Morgan fingerprint density at radius 3 is 2.38 bits per heavy atom. The molecule has 1 amide bonds. The van der Waals surface area contributed by atoms with E-state index >= 15 is 4.39 Å². The van der Waals surface area contributed by atoms with Gasteiger partial charge in [0.05, 0.1) is 17.6 Å². The second kappa shape index (κ2) is 13.5. The number of nitro benzene ring substituents is 1. The first-order valence-electron chi connectivity index (χ1n) is 13.9. The molecule has 6 atom stereocenters. The number of carbonyl (C=O) groups excluding carboxylic acids is 2. The number of nitro groups is 1. The molecule has 2 aromatic rings. The Hall–Kier alpha value is -4.14. The van der Waals surface area contributed by atoms with Gasteiger partial charge in [0.25, 0.3) is 11.6 Å². The number of aliphatic hydroxyl groups is 1. The second-order valence-electron chi connectivity index (χ2n) is 10.8. The van der Waals surface area contributed by atoms with Crippen molar-refractivity contribution in [3.63, 3.8) is 0 Å². The molecule has 1 fully saturated rings. The number of nitrogens with one attached hydrogen (secondary N) is 2. The summed E-state index contributed by atoms with van der Waals surface area (Å²) >= 11 is 0. The molecule has 3 N–H and O–H groups in total. The van der Waals surface area contributed by atoms with Gasteiger partial charge < -0.3 is 29.3 Å². The molecule has 0 radical (unpaired) electrons. The number of hydrogen-bond acceptors (Lipinski definition) is 11. The molecule has 14 nitrogen and oxygen atoms in total. The van der Waals surface area contributed by atoms with E-state index in [0.29, 0.717) is 11.1 Å². The third-order valence-corrected chi connectivity index (χ3v) is 8.54. The van der Waals surface area contributed by atoms with Crippen LogP contribution >= 0.6 is 7.75 Å². The average molecular weight is 649 g/mol. The molecular formula is C29H34FN4O10P. The number of halogens is 1. The zero-order chi connectivity index (χ0) is 33.1. The molecule has 16 heteroatoms. The van der Waals surface area contributed by atoms with Gasteiger partial charge in [-0.1, -0.05) is 18.7 Å². The summed E-state index contributed by atoms with van der Waals surface area (Å²) in [5.41, 5.74) is -1.09. The van der Waals surface area contributed by atoms with Crippen LogP contribution in [0.4, 0.5) is 10.1 Å².